The zero-order valence-electron chi connectivity index (χ0n) is 14.7. The zero-order valence-corrected chi connectivity index (χ0v) is 17.9. The molecule has 5 nitrogen and oxygen atoms in total. The average molecular weight is 457 g/mol. The van der Waals surface area contributed by atoms with Gasteiger partial charge in [0.2, 0.25) is 5.91 Å². The maximum atomic E-state index is 12.8. The predicted molar refractivity (Wildman–Crippen MR) is 108 cm³/mol. The van der Waals surface area contributed by atoms with Crippen molar-refractivity contribution in [3.8, 4) is 0 Å². The minimum Gasteiger partial charge on any atom is -0.325 e. The molecule has 0 aliphatic carbocycles. The van der Waals surface area contributed by atoms with E-state index in [-0.39, 0.29) is 18.4 Å². The van der Waals surface area contributed by atoms with E-state index in [1.54, 1.807) is 12.1 Å². The largest absolute Gasteiger partial charge is 0.325 e. The Labute approximate surface area is 166 Å². The number of piperidine rings is 1. The topological polar surface area (TPSA) is 66.5 Å². The maximum absolute atomic E-state index is 12.8. The second kappa shape index (κ2) is 7.80. The monoisotopic (exact) mass is 456 g/mol. The van der Waals surface area contributed by atoms with Crippen molar-refractivity contribution in [1.82, 2.24) is 4.31 Å². The van der Waals surface area contributed by atoms with Gasteiger partial charge < -0.3 is 5.32 Å². The molecule has 1 N–H and O–H groups in total. The van der Waals surface area contributed by atoms with E-state index in [4.69, 9.17) is 0 Å². The molecule has 1 atom stereocenters. The quantitative estimate of drug-likeness (QED) is 0.750. The molecule has 1 saturated heterocycles. The first-order chi connectivity index (χ1) is 12.3. The SMILES string of the molecule is Cc1cccc(C)c1NC(=O)C1CCCN(S(=O)(=O)c2ccc(Br)s2)C1. The number of carbonyl (C=O) groups is 1. The smallest absolute Gasteiger partial charge is 0.252 e. The van der Waals surface area contributed by atoms with Crippen LogP contribution in [0.4, 0.5) is 5.69 Å². The Bertz CT molecular complexity index is 904. The highest BCUT2D eigenvalue weighted by molar-refractivity contribution is 9.11. The Hall–Kier alpha value is -1.22. The van der Waals surface area contributed by atoms with Gasteiger partial charge in [-0.1, -0.05) is 18.2 Å². The summed E-state index contributed by atoms with van der Waals surface area (Å²) in [5.41, 5.74) is 2.82. The summed E-state index contributed by atoms with van der Waals surface area (Å²) in [6.45, 7) is 4.57. The summed E-state index contributed by atoms with van der Waals surface area (Å²) in [4.78, 5) is 12.7. The number of carbonyl (C=O) groups excluding carboxylic acids is 1. The second-order valence-electron chi connectivity index (χ2n) is 6.52. The maximum Gasteiger partial charge on any atom is 0.252 e. The Balaban J connectivity index is 1.75. The molecule has 2 aromatic rings. The van der Waals surface area contributed by atoms with Crippen LogP contribution >= 0.6 is 27.3 Å². The molecule has 1 aromatic heterocycles. The number of para-hydroxylation sites is 1. The normalized spacial score (nSPS) is 18.7. The molecule has 2 heterocycles. The number of amides is 1. The van der Waals surface area contributed by atoms with Gasteiger partial charge in [-0.15, -0.1) is 11.3 Å². The highest BCUT2D eigenvalue weighted by Crippen LogP contribution is 2.31. The van der Waals surface area contributed by atoms with E-state index in [9.17, 15) is 13.2 Å². The first kappa shape index (κ1) is 19.5. The Morgan fingerprint density at radius 2 is 1.92 bits per heavy atom. The van der Waals surface area contributed by atoms with Gasteiger partial charge in [0.1, 0.15) is 4.21 Å². The number of anilines is 1. The van der Waals surface area contributed by atoms with Crippen molar-refractivity contribution in [2.75, 3.05) is 18.4 Å². The zero-order chi connectivity index (χ0) is 18.9. The van der Waals surface area contributed by atoms with Crippen LogP contribution in [0.3, 0.4) is 0 Å². The molecule has 0 radical (unpaired) electrons. The second-order valence-corrected chi connectivity index (χ2v) is 11.1. The lowest BCUT2D eigenvalue weighted by Gasteiger charge is -2.31. The molecule has 1 aromatic carbocycles. The van der Waals surface area contributed by atoms with Gasteiger partial charge in [-0.3, -0.25) is 4.79 Å². The standard InChI is InChI=1S/C18H21BrN2O3S2/c1-12-5-3-6-13(2)17(12)20-18(22)14-7-4-10-21(11-14)26(23,24)16-9-8-15(19)25-16/h3,5-6,8-9,14H,4,7,10-11H2,1-2H3,(H,20,22). The number of nitrogens with one attached hydrogen (secondary N) is 1. The molecule has 140 valence electrons. The molecule has 3 rings (SSSR count). The van der Waals surface area contributed by atoms with Crippen LogP contribution in [0.25, 0.3) is 0 Å². The van der Waals surface area contributed by atoms with Gasteiger partial charge in [0, 0.05) is 18.8 Å². The summed E-state index contributed by atoms with van der Waals surface area (Å²) < 4.78 is 28.2. The van der Waals surface area contributed by atoms with Crippen LogP contribution in [0.2, 0.25) is 0 Å². The number of thiophene rings is 1. The third kappa shape index (κ3) is 4.03. The van der Waals surface area contributed by atoms with Gasteiger partial charge in [-0.2, -0.15) is 4.31 Å². The van der Waals surface area contributed by atoms with Crippen LogP contribution in [0.15, 0.2) is 38.3 Å². The lowest BCUT2D eigenvalue weighted by Crippen LogP contribution is -2.43. The van der Waals surface area contributed by atoms with Crippen LogP contribution in [-0.2, 0) is 14.8 Å². The minimum atomic E-state index is -3.55. The molecule has 1 unspecified atom stereocenters. The van der Waals surface area contributed by atoms with Gasteiger partial charge in [0.25, 0.3) is 10.0 Å². The molecule has 1 fully saturated rings. The van der Waals surface area contributed by atoms with Crippen molar-refractivity contribution in [3.63, 3.8) is 0 Å². The van der Waals surface area contributed by atoms with E-state index in [1.807, 2.05) is 32.0 Å². The van der Waals surface area contributed by atoms with Gasteiger partial charge in [0.15, 0.2) is 0 Å². The molecule has 8 heteroatoms. The van der Waals surface area contributed by atoms with E-state index in [1.165, 1.54) is 15.6 Å². The molecule has 0 spiro atoms. The molecule has 1 amide bonds. The number of sulfonamides is 1. The van der Waals surface area contributed by atoms with Crippen LogP contribution < -0.4 is 5.32 Å². The van der Waals surface area contributed by atoms with Crippen LogP contribution in [0.5, 0.6) is 0 Å². The molecule has 0 bridgehead atoms. The first-order valence-corrected chi connectivity index (χ1v) is 11.5. The summed E-state index contributed by atoms with van der Waals surface area (Å²) in [7, 11) is -3.55. The summed E-state index contributed by atoms with van der Waals surface area (Å²) >= 11 is 4.50. The fourth-order valence-electron chi connectivity index (χ4n) is 3.18. The van der Waals surface area contributed by atoms with Crippen molar-refractivity contribution in [3.05, 3.63) is 45.2 Å². The molecule has 1 aliphatic heterocycles. The molecule has 0 saturated carbocycles. The van der Waals surface area contributed by atoms with Crippen molar-refractivity contribution >= 4 is 48.9 Å². The van der Waals surface area contributed by atoms with Crippen LogP contribution in [0, 0.1) is 19.8 Å². The molecular weight excluding hydrogens is 436 g/mol. The fraction of sp³-hybridized carbons (Fsp3) is 0.389. The minimum absolute atomic E-state index is 0.116. The third-order valence-electron chi connectivity index (χ3n) is 4.63. The summed E-state index contributed by atoms with van der Waals surface area (Å²) in [5, 5.41) is 3.00. The van der Waals surface area contributed by atoms with Crippen LogP contribution in [0.1, 0.15) is 24.0 Å². The van der Waals surface area contributed by atoms with Gasteiger partial charge in [0.05, 0.1) is 9.70 Å². The third-order valence-corrected chi connectivity index (χ3v) is 8.58. The number of rotatable bonds is 4. The average Bonchev–Trinajstić information content (AvgIpc) is 3.05. The van der Waals surface area contributed by atoms with Gasteiger partial charge in [-0.25, -0.2) is 8.42 Å². The first-order valence-electron chi connectivity index (χ1n) is 8.41. The Kier molecular flexibility index (Phi) is 5.86. The predicted octanol–water partition coefficient (Wildman–Crippen LogP) is 4.17. The Morgan fingerprint density at radius 3 is 2.54 bits per heavy atom. The van der Waals surface area contributed by atoms with Crippen molar-refractivity contribution < 1.29 is 13.2 Å². The summed E-state index contributed by atoms with van der Waals surface area (Å²) in [6, 6.07) is 9.19. The van der Waals surface area contributed by atoms with E-state index >= 15 is 0 Å². The van der Waals surface area contributed by atoms with Crippen molar-refractivity contribution in [2.24, 2.45) is 5.92 Å². The van der Waals surface area contributed by atoms with E-state index < -0.39 is 10.0 Å². The number of benzene rings is 1. The van der Waals surface area contributed by atoms with E-state index in [0.717, 1.165) is 20.6 Å². The Morgan fingerprint density at radius 1 is 1.23 bits per heavy atom. The number of hydrogen-bond donors (Lipinski definition) is 1. The van der Waals surface area contributed by atoms with Gasteiger partial charge >= 0.3 is 0 Å². The highest BCUT2D eigenvalue weighted by atomic mass is 79.9. The molecular formula is C18H21BrN2O3S2. The summed E-state index contributed by atoms with van der Waals surface area (Å²) in [5.74, 6) is -0.462. The van der Waals surface area contributed by atoms with Crippen LogP contribution in [-0.4, -0.2) is 31.7 Å². The van der Waals surface area contributed by atoms with Gasteiger partial charge in [-0.05, 0) is 65.9 Å². The van der Waals surface area contributed by atoms with E-state index in [0.29, 0.717) is 23.6 Å². The molecule has 1 aliphatic rings. The number of hydrogen-bond acceptors (Lipinski definition) is 4. The number of aryl methyl sites for hydroxylation is 2. The van der Waals surface area contributed by atoms with Crippen molar-refractivity contribution in [1.29, 1.82) is 0 Å². The summed E-state index contributed by atoms with van der Waals surface area (Å²) in [6.07, 6.45) is 1.37. The number of halogens is 1. The van der Waals surface area contributed by atoms with E-state index in [2.05, 4.69) is 21.2 Å². The lowest BCUT2D eigenvalue weighted by atomic mass is 9.98. The molecule has 26 heavy (non-hydrogen) atoms. The highest BCUT2D eigenvalue weighted by Gasteiger charge is 2.34. The lowest BCUT2D eigenvalue weighted by molar-refractivity contribution is -0.120. The number of nitrogens with zero attached hydrogens (tertiary/aromatic N) is 1. The van der Waals surface area contributed by atoms with Crippen molar-refractivity contribution in [2.45, 2.75) is 30.9 Å². The fourth-order valence-corrected chi connectivity index (χ4v) is 6.86.